The number of hydrogen-bond acceptors (Lipinski definition) is 5. The molecule has 0 fully saturated rings. The summed E-state index contributed by atoms with van der Waals surface area (Å²) in [5.74, 6) is -1.91. The van der Waals surface area contributed by atoms with Gasteiger partial charge in [-0.15, -0.1) is 0 Å². The fourth-order valence-corrected chi connectivity index (χ4v) is 0.644. The topological polar surface area (TPSA) is 95.9 Å². The molecule has 5 heteroatoms. The van der Waals surface area contributed by atoms with Crippen molar-refractivity contribution >= 4 is 0 Å². The van der Waals surface area contributed by atoms with Crippen LogP contribution in [0.4, 0.5) is 0 Å². The average Bonchev–Trinajstić information content (AvgIpc) is 2.12. The lowest BCUT2D eigenvalue weighted by Gasteiger charge is -2.28. The van der Waals surface area contributed by atoms with Crippen LogP contribution in [0.15, 0.2) is 12.7 Å². The van der Waals surface area contributed by atoms with Crippen molar-refractivity contribution < 1.29 is 20.1 Å². The van der Waals surface area contributed by atoms with Crippen molar-refractivity contribution in [2.24, 2.45) is 5.73 Å². The van der Waals surface area contributed by atoms with Gasteiger partial charge in [0.15, 0.2) is 0 Å². The molecule has 0 rings (SSSR count). The van der Waals surface area contributed by atoms with Crippen LogP contribution in [0.2, 0.25) is 0 Å². The molecule has 0 aromatic rings. The standard InChI is InChI=1S/C7H15NO4/c1-2-7(11,6(10)5-9)12-4-3-8/h2,6,9-11H,1,3-5,8H2. The van der Waals surface area contributed by atoms with E-state index < -0.39 is 18.5 Å². The highest BCUT2D eigenvalue weighted by Gasteiger charge is 2.32. The molecule has 0 bridgehead atoms. The Labute approximate surface area is 71.1 Å². The minimum Gasteiger partial charge on any atom is -0.393 e. The van der Waals surface area contributed by atoms with Crippen LogP contribution in [0.1, 0.15) is 0 Å². The van der Waals surface area contributed by atoms with Gasteiger partial charge >= 0.3 is 0 Å². The molecule has 2 atom stereocenters. The van der Waals surface area contributed by atoms with Crippen LogP contribution in [-0.4, -0.2) is 47.0 Å². The summed E-state index contributed by atoms with van der Waals surface area (Å²) in [5.41, 5.74) is 5.12. The summed E-state index contributed by atoms with van der Waals surface area (Å²) in [5, 5.41) is 27.0. The Kier molecular flexibility index (Phi) is 5.03. The first-order valence-corrected chi connectivity index (χ1v) is 3.59. The molecule has 0 radical (unpaired) electrons. The summed E-state index contributed by atoms with van der Waals surface area (Å²) < 4.78 is 4.78. The Morgan fingerprint density at radius 3 is 2.58 bits per heavy atom. The van der Waals surface area contributed by atoms with Gasteiger partial charge < -0.3 is 25.8 Å². The Bertz CT molecular complexity index is 141. The average molecular weight is 177 g/mol. The molecule has 5 nitrogen and oxygen atoms in total. The highest BCUT2D eigenvalue weighted by atomic mass is 16.6. The molecule has 0 spiro atoms. The van der Waals surface area contributed by atoms with Crippen molar-refractivity contribution in [3.05, 3.63) is 12.7 Å². The molecule has 0 heterocycles. The Hall–Kier alpha value is -0.460. The van der Waals surface area contributed by atoms with Gasteiger partial charge in [-0.1, -0.05) is 6.58 Å². The lowest BCUT2D eigenvalue weighted by Crippen LogP contribution is -2.46. The third-order valence-corrected chi connectivity index (χ3v) is 1.39. The molecule has 12 heavy (non-hydrogen) atoms. The van der Waals surface area contributed by atoms with E-state index in [0.717, 1.165) is 6.08 Å². The zero-order valence-corrected chi connectivity index (χ0v) is 6.81. The Morgan fingerprint density at radius 2 is 2.25 bits per heavy atom. The van der Waals surface area contributed by atoms with Gasteiger partial charge in [0.05, 0.1) is 13.2 Å². The summed E-state index contributed by atoms with van der Waals surface area (Å²) >= 11 is 0. The van der Waals surface area contributed by atoms with Crippen LogP contribution < -0.4 is 5.73 Å². The van der Waals surface area contributed by atoms with Crippen molar-refractivity contribution in [2.45, 2.75) is 11.9 Å². The molecule has 2 unspecified atom stereocenters. The van der Waals surface area contributed by atoms with Gasteiger partial charge in [0.1, 0.15) is 6.10 Å². The van der Waals surface area contributed by atoms with Crippen LogP contribution in [-0.2, 0) is 4.74 Å². The highest BCUT2D eigenvalue weighted by molar-refractivity contribution is 4.93. The SMILES string of the molecule is C=CC(O)(OCCN)C(O)CO. The fourth-order valence-electron chi connectivity index (χ4n) is 0.644. The Balaban J connectivity index is 4.12. The maximum Gasteiger partial charge on any atom is 0.214 e. The van der Waals surface area contributed by atoms with Gasteiger partial charge in [0.25, 0.3) is 0 Å². The molecule has 0 aliphatic carbocycles. The quantitative estimate of drug-likeness (QED) is 0.283. The highest BCUT2D eigenvalue weighted by Crippen LogP contribution is 2.13. The van der Waals surface area contributed by atoms with Gasteiger partial charge in [-0.25, -0.2) is 0 Å². The molecule has 0 amide bonds. The van der Waals surface area contributed by atoms with Crippen LogP contribution in [0.25, 0.3) is 0 Å². The zero-order chi connectivity index (χ0) is 9.61. The first-order chi connectivity index (χ1) is 5.60. The van der Waals surface area contributed by atoms with Crippen LogP contribution >= 0.6 is 0 Å². The zero-order valence-electron chi connectivity index (χ0n) is 6.81. The number of aliphatic hydroxyl groups is 3. The number of hydrogen-bond donors (Lipinski definition) is 4. The summed E-state index contributed by atoms with van der Waals surface area (Å²) in [7, 11) is 0. The van der Waals surface area contributed by atoms with Gasteiger partial charge in [0.2, 0.25) is 5.79 Å². The third-order valence-electron chi connectivity index (χ3n) is 1.39. The molecule has 5 N–H and O–H groups in total. The molecule has 0 aliphatic heterocycles. The monoisotopic (exact) mass is 177 g/mol. The van der Waals surface area contributed by atoms with E-state index in [1.165, 1.54) is 0 Å². The summed E-state index contributed by atoms with van der Waals surface area (Å²) in [6.45, 7) is 2.96. The predicted octanol–water partition coefficient (Wildman–Crippen LogP) is -1.81. The van der Waals surface area contributed by atoms with Gasteiger partial charge in [-0.2, -0.15) is 0 Å². The smallest absolute Gasteiger partial charge is 0.214 e. The maximum absolute atomic E-state index is 9.41. The summed E-state index contributed by atoms with van der Waals surface area (Å²) in [6.07, 6.45) is -0.384. The summed E-state index contributed by atoms with van der Waals surface area (Å²) in [4.78, 5) is 0. The number of aliphatic hydroxyl groups excluding tert-OH is 2. The van der Waals surface area contributed by atoms with Crippen molar-refractivity contribution in [3.63, 3.8) is 0 Å². The van der Waals surface area contributed by atoms with E-state index in [0.29, 0.717) is 0 Å². The molecule has 0 aromatic heterocycles. The number of rotatable bonds is 6. The lowest BCUT2D eigenvalue weighted by molar-refractivity contribution is -0.228. The van der Waals surface area contributed by atoms with E-state index in [1.54, 1.807) is 0 Å². The molecular formula is C7H15NO4. The minimum absolute atomic E-state index is 0.0829. The molecular weight excluding hydrogens is 162 g/mol. The lowest BCUT2D eigenvalue weighted by atomic mass is 10.1. The van der Waals surface area contributed by atoms with Crippen molar-refractivity contribution in [1.29, 1.82) is 0 Å². The number of ether oxygens (including phenoxy) is 1. The van der Waals surface area contributed by atoms with E-state index in [1.807, 2.05) is 0 Å². The van der Waals surface area contributed by atoms with Gasteiger partial charge in [-0.3, -0.25) is 0 Å². The van der Waals surface area contributed by atoms with E-state index in [4.69, 9.17) is 20.7 Å². The number of nitrogens with two attached hydrogens (primary N) is 1. The molecule has 72 valence electrons. The van der Waals surface area contributed by atoms with Gasteiger partial charge in [0, 0.05) is 6.54 Å². The first-order valence-electron chi connectivity index (χ1n) is 3.59. The second-order valence-corrected chi connectivity index (χ2v) is 2.29. The van der Waals surface area contributed by atoms with Crippen molar-refractivity contribution in [1.82, 2.24) is 0 Å². The fraction of sp³-hybridized carbons (Fsp3) is 0.714. The second-order valence-electron chi connectivity index (χ2n) is 2.29. The van der Waals surface area contributed by atoms with Crippen LogP contribution in [0, 0.1) is 0 Å². The molecule has 0 aliphatic rings. The van der Waals surface area contributed by atoms with E-state index >= 15 is 0 Å². The third kappa shape index (κ3) is 2.88. The maximum atomic E-state index is 9.41. The van der Waals surface area contributed by atoms with Crippen molar-refractivity contribution in [3.8, 4) is 0 Å². The van der Waals surface area contributed by atoms with Crippen LogP contribution in [0.5, 0.6) is 0 Å². The summed E-state index contributed by atoms with van der Waals surface area (Å²) in [6, 6.07) is 0. The minimum atomic E-state index is -1.91. The first kappa shape index (κ1) is 11.5. The predicted molar refractivity (Wildman–Crippen MR) is 43.2 cm³/mol. The van der Waals surface area contributed by atoms with E-state index in [9.17, 15) is 5.11 Å². The molecule has 0 saturated heterocycles. The van der Waals surface area contributed by atoms with Gasteiger partial charge in [-0.05, 0) is 6.08 Å². The largest absolute Gasteiger partial charge is 0.393 e. The Morgan fingerprint density at radius 1 is 1.67 bits per heavy atom. The van der Waals surface area contributed by atoms with Crippen LogP contribution in [0.3, 0.4) is 0 Å². The van der Waals surface area contributed by atoms with Crippen molar-refractivity contribution in [2.75, 3.05) is 19.8 Å². The van der Waals surface area contributed by atoms with E-state index in [-0.39, 0.29) is 13.2 Å². The second kappa shape index (κ2) is 5.23. The molecule has 0 saturated carbocycles. The van der Waals surface area contributed by atoms with E-state index in [2.05, 4.69) is 6.58 Å². The normalized spacial score (nSPS) is 18.3. The molecule has 0 aromatic carbocycles.